The van der Waals surface area contributed by atoms with Crippen LogP contribution in [0.4, 0.5) is 17.1 Å². The number of anilines is 3. The molecule has 2 heteroatoms. The first-order valence-corrected chi connectivity index (χ1v) is 17.9. The van der Waals surface area contributed by atoms with E-state index < -0.39 is 5.41 Å². The van der Waals surface area contributed by atoms with Crippen molar-refractivity contribution in [3.05, 3.63) is 215 Å². The summed E-state index contributed by atoms with van der Waals surface area (Å²) in [7, 11) is 0. The first-order valence-electron chi connectivity index (χ1n) is 17.9. The lowest BCUT2D eigenvalue weighted by Gasteiger charge is -2.35. The van der Waals surface area contributed by atoms with Crippen molar-refractivity contribution in [1.29, 1.82) is 0 Å². The Kier molecular flexibility index (Phi) is 6.89. The van der Waals surface area contributed by atoms with Crippen LogP contribution in [0.25, 0.3) is 39.9 Å². The Morgan fingerprint density at radius 2 is 1.02 bits per heavy atom. The van der Waals surface area contributed by atoms with Crippen LogP contribution < -0.4 is 15.5 Å². The predicted octanol–water partition coefficient (Wildman–Crippen LogP) is 10.8. The molecule has 0 N–H and O–H groups in total. The van der Waals surface area contributed by atoms with E-state index in [0.29, 0.717) is 0 Å². The molecule has 0 saturated heterocycles. The van der Waals surface area contributed by atoms with Crippen molar-refractivity contribution >= 4 is 40.1 Å². The van der Waals surface area contributed by atoms with Gasteiger partial charge in [-0.2, -0.15) is 0 Å². The minimum absolute atomic E-state index is 0.469. The molecule has 51 heavy (non-hydrogen) atoms. The molecule has 0 fully saturated rings. The summed E-state index contributed by atoms with van der Waals surface area (Å²) in [6.07, 6.45) is 6.95. The van der Waals surface area contributed by atoms with Crippen LogP contribution in [0.1, 0.15) is 35.1 Å². The molecular weight excluding hydrogens is 617 g/mol. The van der Waals surface area contributed by atoms with Gasteiger partial charge in [-0.05, 0) is 94.8 Å². The van der Waals surface area contributed by atoms with Crippen molar-refractivity contribution in [2.24, 2.45) is 0 Å². The van der Waals surface area contributed by atoms with Crippen molar-refractivity contribution in [2.45, 2.75) is 18.3 Å². The van der Waals surface area contributed by atoms with E-state index in [9.17, 15) is 0 Å². The zero-order valence-corrected chi connectivity index (χ0v) is 28.3. The molecule has 1 heterocycles. The Bertz CT molecular complexity index is 2630. The fraction of sp³-hybridized carbons (Fsp3) is 0.0612. The zero-order valence-electron chi connectivity index (χ0n) is 28.3. The van der Waals surface area contributed by atoms with Gasteiger partial charge < -0.3 is 9.47 Å². The first kappa shape index (κ1) is 29.5. The van der Waals surface area contributed by atoms with Gasteiger partial charge in [-0.1, -0.05) is 146 Å². The maximum Gasteiger partial charge on any atom is 0.0714 e. The molecule has 0 saturated carbocycles. The van der Waals surface area contributed by atoms with Crippen LogP contribution in [-0.2, 0) is 5.41 Å². The molecule has 0 atom stereocenters. The van der Waals surface area contributed by atoms with Crippen molar-refractivity contribution in [3.63, 3.8) is 0 Å². The SMILES string of the molecule is C1=c2c(n(-c3ccccc3)c3cc(N(c4ccccc4)c4ccc5c(c4)C(c4ccccc4)(c4ccccc4)c4ccccc4-5)ccc23)=CCC1. The Morgan fingerprint density at radius 1 is 0.451 bits per heavy atom. The summed E-state index contributed by atoms with van der Waals surface area (Å²) in [5, 5.41) is 3.92. The predicted molar refractivity (Wildman–Crippen MR) is 213 cm³/mol. The maximum absolute atomic E-state index is 2.45. The summed E-state index contributed by atoms with van der Waals surface area (Å²) >= 11 is 0. The van der Waals surface area contributed by atoms with Crippen molar-refractivity contribution in [3.8, 4) is 16.8 Å². The second-order valence-corrected chi connectivity index (χ2v) is 13.6. The van der Waals surface area contributed by atoms with Gasteiger partial charge >= 0.3 is 0 Å². The normalized spacial score (nSPS) is 13.8. The second kappa shape index (κ2) is 11.9. The van der Waals surface area contributed by atoms with E-state index in [4.69, 9.17) is 0 Å². The number of para-hydroxylation sites is 2. The zero-order chi connectivity index (χ0) is 33.8. The van der Waals surface area contributed by atoms with E-state index in [-0.39, 0.29) is 0 Å². The molecule has 0 spiro atoms. The summed E-state index contributed by atoms with van der Waals surface area (Å²) in [4.78, 5) is 2.43. The van der Waals surface area contributed by atoms with Gasteiger partial charge in [0.15, 0.2) is 0 Å². The molecule has 7 aromatic carbocycles. The van der Waals surface area contributed by atoms with E-state index >= 15 is 0 Å². The highest BCUT2D eigenvalue weighted by molar-refractivity contribution is 5.92. The van der Waals surface area contributed by atoms with Gasteiger partial charge in [0.25, 0.3) is 0 Å². The third-order valence-electron chi connectivity index (χ3n) is 10.9. The Morgan fingerprint density at radius 3 is 1.75 bits per heavy atom. The Balaban J connectivity index is 1.25. The average Bonchev–Trinajstić information content (AvgIpc) is 3.70. The minimum Gasteiger partial charge on any atom is -0.310 e. The summed E-state index contributed by atoms with van der Waals surface area (Å²) < 4.78 is 2.45. The van der Waals surface area contributed by atoms with Gasteiger partial charge in [0.05, 0.1) is 10.9 Å². The van der Waals surface area contributed by atoms with E-state index in [1.54, 1.807) is 0 Å². The lowest BCUT2D eigenvalue weighted by Crippen LogP contribution is -2.30. The number of hydrogen-bond acceptors (Lipinski definition) is 1. The number of fused-ring (bicyclic) bond motifs is 6. The summed E-state index contributed by atoms with van der Waals surface area (Å²) in [6, 6.07) is 66.8. The standard InChI is InChI=1S/C49H36N2/c1-5-17-35(18-6-1)49(36-19-7-2-8-20-36)45-27-15-13-25-41(45)42-31-29-39(33-46(42)49)50(37-21-9-3-10-22-37)40-30-32-44-43-26-14-16-28-47(43)51(48(44)34-40)38-23-11-4-12-24-38/h1-13,15,17-34H,14,16H2. The monoisotopic (exact) mass is 652 g/mol. The highest BCUT2D eigenvalue weighted by atomic mass is 15.1. The molecule has 242 valence electrons. The van der Waals surface area contributed by atoms with Crippen LogP contribution in [0.2, 0.25) is 0 Å². The molecule has 0 aliphatic heterocycles. The Labute approximate surface area is 298 Å². The lowest BCUT2D eigenvalue weighted by atomic mass is 9.67. The fourth-order valence-corrected chi connectivity index (χ4v) is 8.77. The van der Waals surface area contributed by atoms with Crippen LogP contribution in [0.3, 0.4) is 0 Å². The number of hydrogen-bond donors (Lipinski definition) is 0. The molecule has 2 nitrogen and oxygen atoms in total. The molecular formula is C49H36N2. The van der Waals surface area contributed by atoms with Gasteiger partial charge in [0.1, 0.15) is 0 Å². The van der Waals surface area contributed by atoms with Gasteiger partial charge in [-0.3, -0.25) is 0 Å². The molecule has 0 unspecified atom stereocenters. The number of nitrogens with zero attached hydrogens (tertiary/aromatic N) is 2. The number of benzene rings is 7. The maximum atomic E-state index is 2.45. The summed E-state index contributed by atoms with van der Waals surface area (Å²) in [5.74, 6) is 0. The van der Waals surface area contributed by atoms with Crippen LogP contribution in [-0.4, -0.2) is 4.57 Å². The van der Waals surface area contributed by atoms with E-state index in [0.717, 1.165) is 29.9 Å². The van der Waals surface area contributed by atoms with Gasteiger partial charge in [-0.25, -0.2) is 0 Å². The fourth-order valence-electron chi connectivity index (χ4n) is 8.77. The first-order chi connectivity index (χ1) is 25.3. The molecule has 0 bridgehead atoms. The molecule has 0 radical (unpaired) electrons. The van der Waals surface area contributed by atoms with Gasteiger partial charge in [0, 0.05) is 38.7 Å². The molecule has 0 amide bonds. The number of rotatable bonds is 6. The second-order valence-electron chi connectivity index (χ2n) is 13.6. The Hall–Kier alpha value is -6.38. The third kappa shape index (κ3) is 4.50. The van der Waals surface area contributed by atoms with Crippen LogP contribution in [0, 0.1) is 0 Å². The number of aromatic nitrogens is 1. The van der Waals surface area contributed by atoms with Crippen LogP contribution >= 0.6 is 0 Å². The highest BCUT2D eigenvalue weighted by Gasteiger charge is 2.46. The molecule has 1 aromatic heterocycles. The molecule has 2 aliphatic carbocycles. The highest BCUT2D eigenvalue weighted by Crippen LogP contribution is 2.57. The quantitative estimate of drug-likeness (QED) is 0.174. The molecule has 8 aromatic rings. The molecule has 10 rings (SSSR count). The summed E-state index contributed by atoms with van der Waals surface area (Å²) in [5.41, 5.74) is 13.0. The van der Waals surface area contributed by atoms with Crippen LogP contribution in [0.15, 0.2) is 182 Å². The van der Waals surface area contributed by atoms with Gasteiger partial charge in [-0.15, -0.1) is 0 Å². The lowest BCUT2D eigenvalue weighted by molar-refractivity contribution is 0.768. The molecule has 2 aliphatic rings. The minimum atomic E-state index is -0.469. The van der Waals surface area contributed by atoms with Crippen molar-refractivity contribution in [2.75, 3.05) is 4.90 Å². The smallest absolute Gasteiger partial charge is 0.0714 e. The van der Waals surface area contributed by atoms with Crippen molar-refractivity contribution in [1.82, 2.24) is 4.57 Å². The van der Waals surface area contributed by atoms with E-state index in [1.807, 2.05) is 0 Å². The average molecular weight is 653 g/mol. The van der Waals surface area contributed by atoms with Crippen molar-refractivity contribution < 1.29 is 0 Å². The topological polar surface area (TPSA) is 8.17 Å². The third-order valence-corrected chi connectivity index (χ3v) is 10.9. The van der Waals surface area contributed by atoms with Crippen LogP contribution in [0.5, 0.6) is 0 Å². The largest absolute Gasteiger partial charge is 0.310 e. The van der Waals surface area contributed by atoms with E-state index in [1.165, 1.54) is 60.5 Å². The van der Waals surface area contributed by atoms with E-state index in [2.05, 4.69) is 204 Å². The summed E-state index contributed by atoms with van der Waals surface area (Å²) in [6.45, 7) is 0. The van der Waals surface area contributed by atoms with Gasteiger partial charge in [0.2, 0.25) is 0 Å².